The molecule has 2 aromatic rings. The van der Waals surface area contributed by atoms with E-state index in [0.717, 1.165) is 0 Å². The number of hydrogen-bond acceptors (Lipinski definition) is 14. The van der Waals surface area contributed by atoms with Crippen LogP contribution in [-0.4, -0.2) is 80.1 Å². The third kappa shape index (κ3) is 8.04. The van der Waals surface area contributed by atoms with Gasteiger partial charge in [0.05, 0.1) is 18.5 Å². The maximum absolute atomic E-state index is 13.6. The van der Waals surface area contributed by atoms with Crippen molar-refractivity contribution >= 4 is 48.5 Å². The zero-order chi connectivity index (χ0) is 30.5. The van der Waals surface area contributed by atoms with Gasteiger partial charge in [-0.15, -0.1) is 6.42 Å². The van der Waals surface area contributed by atoms with E-state index in [0.29, 0.717) is 0 Å². The average Bonchev–Trinajstić information content (AvgIpc) is 3.43. The summed E-state index contributed by atoms with van der Waals surface area (Å²) in [5.74, 6) is 1.62. The fourth-order valence-corrected chi connectivity index (χ4v) is 5.16. The molecule has 0 spiro atoms. The van der Waals surface area contributed by atoms with E-state index in [1.54, 1.807) is 27.7 Å². The van der Waals surface area contributed by atoms with Crippen LogP contribution >= 0.6 is 19.3 Å². The molecule has 1 aliphatic rings. The van der Waals surface area contributed by atoms with Gasteiger partial charge in [-0.05, 0) is 46.2 Å². The van der Waals surface area contributed by atoms with Crippen LogP contribution in [0.15, 0.2) is 6.33 Å². The third-order valence-electron chi connectivity index (χ3n) is 5.52. The normalized spacial score (nSPS) is 22.8. The Bertz CT molecular complexity index is 1350. The van der Waals surface area contributed by atoms with Gasteiger partial charge in [0.15, 0.2) is 17.1 Å². The topological polar surface area (TPSA) is 208 Å². The van der Waals surface area contributed by atoms with E-state index in [4.69, 9.17) is 51.8 Å². The molecule has 0 unspecified atom stereocenters. The van der Waals surface area contributed by atoms with E-state index in [1.807, 2.05) is 0 Å². The molecule has 18 heteroatoms. The zero-order valence-corrected chi connectivity index (χ0v) is 24.6. The summed E-state index contributed by atoms with van der Waals surface area (Å²) in [5, 5.41) is 13.2. The van der Waals surface area contributed by atoms with Crippen molar-refractivity contribution in [2.24, 2.45) is 0 Å². The van der Waals surface area contributed by atoms with Crippen LogP contribution in [0, 0.1) is 12.3 Å². The molecule has 3 rings (SSSR count). The van der Waals surface area contributed by atoms with E-state index in [2.05, 4.69) is 26.0 Å². The second-order valence-electron chi connectivity index (χ2n) is 9.47. The molecular weight excluding hydrogens is 587 g/mol. The molecule has 1 saturated heterocycles. The maximum Gasteiger partial charge on any atom is 0.510 e. The van der Waals surface area contributed by atoms with Gasteiger partial charge in [-0.25, -0.2) is 19.4 Å². The van der Waals surface area contributed by atoms with Crippen molar-refractivity contribution in [2.75, 3.05) is 19.1 Å². The monoisotopic (exact) mass is 618 g/mol. The number of carbonyl (C=O) groups excluding carboxylic acids is 2. The summed E-state index contributed by atoms with van der Waals surface area (Å²) in [6, 6.07) is -1.19. The number of hydrogen-bond donors (Lipinski definition) is 3. The van der Waals surface area contributed by atoms with Crippen molar-refractivity contribution in [1.82, 2.24) is 24.6 Å². The van der Waals surface area contributed by atoms with Crippen LogP contribution in [0.5, 0.6) is 0 Å². The van der Waals surface area contributed by atoms with Crippen molar-refractivity contribution in [3.05, 3.63) is 11.6 Å². The summed E-state index contributed by atoms with van der Waals surface area (Å²) in [5.41, 5.74) is 4.50. The van der Waals surface area contributed by atoms with Gasteiger partial charge in [-0.1, -0.05) is 5.92 Å². The molecule has 4 N–H and O–H groups in total. The standard InChI is InChI=1S/C23H32ClN6O10P/c1-7-23(15(31)8-16(40-23)30-10-26-17-18(25)27-21(24)28-19(17)30)9-36-41(34,29-14(6)20(32)38-12(2)3)37-11-35-22(33)39-13(4)5/h1,10,12-16,31H,8-9,11H2,2-6H3,(H,29,34)(H2,25,27,28)/t14-,15-,16+,23+,41+/m0/s1. The van der Waals surface area contributed by atoms with Gasteiger partial charge in [-0.2, -0.15) is 9.97 Å². The molecule has 0 bridgehead atoms. The van der Waals surface area contributed by atoms with Crippen molar-refractivity contribution in [1.29, 1.82) is 0 Å². The van der Waals surface area contributed by atoms with Crippen LogP contribution in [0.1, 0.15) is 47.3 Å². The average molecular weight is 619 g/mol. The molecule has 0 amide bonds. The van der Waals surface area contributed by atoms with Gasteiger partial charge in [0.25, 0.3) is 0 Å². The summed E-state index contributed by atoms with van der Waals surface area (Å²) in [7, 11) is -4.47. The molecule has 5 atom stereocenters. The molecule has 3 heterocycles. The van der Waals surface area contributed by atoms with Crippen molar-refractivity contribution in [3.8, 4) is 12.3 Å². The minimum absolute atomic E-state index is 0.0395. The van der Waals surface area contributed by atoms with Crippen LogP contribution in [0.2, 0.25) is 5.28 Å². The van der Waals surface area contributed by atoms with E-state index in [1.165, 1.54) is 17.8 Å². The molecule has 2 aromatic heterocycles. The SMILES string of the molecule is C#C[C@]1(CO[P@](=O)(N[C@@H](C)C(=O)OC(C)C)OCOC(=O)OC(C)C)O[C@@H](n2cnc3c(N)nc(Cl)nc32)C[C@@H]1O. The fourth-order valence-electron chi connectivity index (χ4n) is 3.63. The zero-order valence-electron chi connectivity index (χ0n) is 23.0. The molecule has 0 radical (unpaired) electrons. The number of anilines is 1. The highest BCUT2D eigenvalue weighted by Crippen LogP contribution is 2.47. The minimum atomic E-state index is -4.47. The lowest BCUT2D eigenvalue weighted by molar-refractivity contribution is -0.149. The number of nitrogens with two attached hydrogens (primary N) is 1. The molecule has 226 valence electrons. The van der Waals surface area contributed by atoms with Gasteiger partial charge in [-0.3, -0.25) is 18.4 Å². The summed E-state index contributed by atoms with van der Waals surface area (Å²) in [4.78, 5) is 36.2. The van der Waals surface area contributed by atoms with E-state index in [9.17, 15) is 19.3 Å². The molecular formula is C23H32ClN6O10P. The van der Waals surface area contributed by atoms with Crippen molar-refractivity contribution in [3.63, 3.8) is 0 Å². The summed E-state index contributed by atoms with van der Waals surface area (Å²) >= 11 is 5.94. The number of carbonyl (C=O) groups is 2. The Balaban J connectivity index is 1.79. The Hall–Kier alpha value is -3.03. The molecule has 41 heavy (non-hydrogen) atoms. The Kier molecular flexibility index (Phi) is 10.5. The van der Waals surface area contributed by atoms with Gasteiger partial charge >= 0.3 is 19.9 Å². The van der Waals surface area contributed by atoms with Gasteiger partial charge < -0.3 is 29.8 Å². The number of aliphatic hydroxyl groups excluding tert-OH is 1. The lowest BCUT2D eigenvalue weighted by Crippen LogP contribution is -2.43. The number of terminal acetylenes is 1. The molecule has 1 fully saturated rings. The van der Waals surface area contributed by atoms with Crippen molar-refractivity contribution in [2.45, 2.75) is 77.2 Å². The maximum atomic E-state index is 13.6. The molecule has 0 aromatic carbocycles. The molecule has 1 aliphatic heterocycles. The highest BCUT2D eigenvalue weighted by atomic mass is 35.5. The van der Waals surface area contributed by atoms with Crippen LogP contribution in [0.4, 0.5) is 10.6 Å². The summed E-state index contributed by atoms with van der Waals surface area (Å²) < 4.78 is 46.5. The first-order valence-corrected chi connectivity index (χ1v) is 14.3. The van der Waals surface area contributed by atoms with Crippen molar-refractivity contribution < 1.29 is 47.3 Å². The number of fused-ring (bicyclic) bond motifs is 1. The first-order valence-electron chi connectivity index (χ1n) is 12.4. The van der Waals surface area contributed by atoms with Crippen LogP contribution < -0.4 is 10.8 Å². The summed E-state index contributed by atoms with van der Waals surface area (Å²) in [6.07, 6.45) is 2.77. The third-order valence-corrected chi connectivity index (χ3v) is 7.31. The van der Waals surface area contributed by atoms with Crippen LogP contribution in [0.3, 0.4) is 0 Å². The smallest absolute Gasteiger partial charge is 0.462 e. The molecule has 0 aliphatic carbocycles. The number of imidazole rings is 1. The predicted molar refractivity (Wildman–Crippen MR) is 143 cm³/mol. The number of nitrogens with one attached hydrogen (secondary N) is 1. The molecule has 0 saturated carbocycles. The summed E-state index contributed by atoms with van der Waals surface area (Å²) in [6.45, 7) is 6.27. The second-order valence-corrected chi connectivity index (χ2v) is 11.6. The Morgan fingerprint density at radius 1 is 1.29 bits per heavy atom. The van der Waals surface area contributed by atoms with Gasteiger partial charge in [0, 0.05) is 6.42 Å². The highest BCUT2D eigenvalue weighted by molar-refractivity contribution is 7.51. The lowest BCUT2D eigenvalue weighted by Gasteiger charge is -2.29. The minimum Gasteiger partial charge on any atom is -0.462 e. The van der Waals surface area contributed by atoms with Gasteiger partial charge in [0.2, 0.25) is 12.1 Å². The fraction of sp³-hybridized carbons (Fsp3) is 0.609. The number of nitrogen functional groups attached to an aromatic ring is 1. The van der Waals surface area contributed by atoms with Crippen LogP contribution in [0.25, 0.3) is 11.2 Å². The lowest BCUT2D eigenvalue weighted by atomic mass is 9.99. The number of aromatic nitrogens is 4. The van der Waals surface area contributed by atoms with Crippen LogP contribution in [-0.2, 0) is 37.4 Å². The highest BCUT2D eigenvalue weighted by Gasteiger charge is 2.50. The van der Waals surface area contributed by atoms with E-state index < -0.39 is 69.5 Å². The van der Waals surface area contributed by atoms with E-state index in [-0.39, 0.29) is 28.7 Å². The Morgan fingerprint density at radius 3 is 2.61 bits per heavy atom. The number of ether oxygens (including phenoxy) is 4. The molecule has 16 nitrogen and oxygen atoms in total. The number of esters is 1. The predicted octanol–water partition coefficient (Wildman–Crippen LogP) is 2.30. The Labute approximate surface area is 240 Å². The number of rotatable bonds is 12. The second kappa shape index (κ2) is 13.3. The first-order chi connectivity index (χ1) is 19.2. The quantitative estimate of drug-likeness (QED) is 0.102. The first kappa shape index (κ1) is 32.5. The Morgan fingerprint density at radius 2 is 1.98 bits per heavy atom. The largest absolute Gasteiger partial charge is 0.510 e. The number of aliphatic hydroxyl groups is 1. The van der Waals surface area contributed by atoms with E-state index >= 15 is 0 Å². The number of halogens is 1. The number of nitrogens with zero attached hydrogens (tertiary/aromatic N) is 4. The van der Waals surface area contributed by atoms with Gasteiger partial charge in [0.1, 0.15) is 30.5 Å².